The molecule has 0 saturated carbocycles. The number of benzene rings is 1. The number of piperidine rings is 1. The number of likely N-dealkylation sites (tertiary alicyclic amines) is 1. The molecule has 104 valence electrons. The molecule has 1 heterocycles. The van der Waals surface area contributed by atoms with Crippen LogP contribution in [0.1, 0.15) is 30.1 Å². The van der Waals surface area contributed by atoms with Crippen molar-refractivity contribution in [1.82, 2.24) is 4.90 Å². The van der Waals surface area contributed by atoms with Crippen LogP contribution in [0.2, 0.25) is 0 Å². The number of hydrogen-bond acceptors (Lipinski definition) is 3. The van der Waals surface area contributed by atoms with Crippen molar-refractivity contribution in [3.8, 4) is 5.75 Å². The van der Waals surface area contributed by atoms with Crippen LogP contribution in [0.3, 0.4) is 0 Å². The fourth-order valence-electron chi connectivity index (χ4n) is 2.30. The van der Waals surface area contributed by atoms with E-state index in [9.17, 15) is 14.3 Å². The Morgan fingerprint density at radius 2 is 2.11 bits per heavy atom. The third-order valence-corrected chi connectivity index (χ3v) is 3.94. The van der Waals surface area contributed by atoms with Crippen molar-refractivity contribution in [2.24, 2.45) is 11.1 Å². The summed E-state index contributed by atoms with van der Waals surface area (Å²) in [6, 6.07) is 3.42. The van der Waals surface area contributed by atoms with Gasteiger partial charge in [-0.15, -0.1) is 0 Å². The van der Waals surface area contributed by atoms with Gasteiger partial charge in [-0.1, -0.05) is 6.92 Å². The van der Waals surface area contributed by atoms with Crippen LogP contribution in [0.4, 0.5) is 4.39 Å². The van der Waals surface area contributed by atoms with Crippen LogP contribution in [0.25, 0.3) is 0 Å². The van der Waals surface area contributed by atoms with Gasteiger partial charge < -0.3 is 15.7 Å². The summed E-state index contributed by atoms with van der Waals surface area (Å²) in [5, 5.41) is 9.65. The van der Waals surface area contributed by atoms with Crippen LogP contribution in [-0.2, 0) is 0 Å². The molecule has 1 aliphatic heterocycles. The van der Waals surface area contributed by atoms with Crippen LogP contribution in [0, 0.1) is 11.2 Å². The minimum atomic E-state index is -0.523. The fourth-order valence-corrected chi connectivity index (χ4v) is 2.30. The molecule has 2 rings (SSSR count). The van der Waals surface area contributed by atoms with Crippen molar-refractivity contribution in [3.05, 3.63) is 29.6 Å². The van der Waals surface area contributed by atoms with E-state index in [4.69, 9.17) is 5.73 Å². The van der Waals surface area contributed by atoms with E-state index in [0.717, 1.165) is 25.0 Å². The third-order valence-electron chi connectivity index (χ3n) is 3.94. The summed E-state index contributed by atoms with van der Waals surface area (Å²) in [5.41, 5.74) is 5.82. The zero-order valence-corrected chi connectivity index (χ0v) is 11.0. The first-order valence-corrected chi connectivity index (χ1v) is 6.43. The number of hydrogen-bond donors (Lipinski definition) is 2. The quantitative estimate of drug-likeness (QED) is 0.856. The maximum Gasteiger partial charge on any atom is 0.257 e. The van der Waals surface area contributed by atoms with E-state index in [0.29, 0.717) is 19.6 Å². The van der Waals surface area contributed by atoms with E-state index in [1.54, 1.807) is 4.90 Å². The summed E-state index contributed by atoms with van der Waals surface area (Å²) in [5.74, 6) is -1.03. The zero-order chi connectivity index (χ0) is 14.0. The Balaban J connectivity index is 2.11. The Morgan fingerprint density at radius 1 is 1.47 bits per heavy atom. The molecule has 1 fully saturated rings. The van der Waals surface area contributed by atoms with E-state index in [1.165, 1.54) is 6.07 Å². The maximum atomic E-state index is 13.2. The van der Waals surface area contributed by atoms with Gasteiger partial charge in [0.05, 0.1) is 5.56 Å². The first-order chi connectivity index (χ1) is 8.95. The van der Waals surface area contributed by atoms with Crippen LogP contribution < -0.4 is 5.73 Å². The number of phenols is 1. The SMILES string of the molecule is CC1(CN)CCN(C(=O)c2cc(F)ccc2O)CC1. The highest BCUT2D eigenvalue weighted by Crippen LogP contribution is 2.31. The van der Waals surface area contributed by atoms with Gasteiger partial charge >= 0.3 is 0 Å². The molecular weight excluding hydrogens is 247 g/mol. The van der Waals surface area contributed by atoms with Gasteiger partial charge in [0.15, 0.2) is 0 Å². The van der Waals surface area contributed by atoms with Crippen molar-refractivity contribution < 1.29 is 14.3 Å². The number of nitrogens with zero attached hydrogens (tertiary/aromatic N) is 1. The molecule has 19 heavy (non-hydrogen) atoms. The summed E-state index contributed by atoms with van der Waals surface area (Å²) in [6.07, 6.45) is 1.65. The normalized spacial score (nSPS) is 18.4. The van der Waals surface area contributed by atoms with Crippen LogP contribution in [0.5, 0.6) is 5.75 Å². The Bertz CT molecular complexity index is 482. The van der Waals surface area contributed by atoms with Gasteiger partial charge in [-0.3, -0.25) is 4.79 Å². The minimum absolute atomic E-state index is 0.0244. The highest BCUT2D eigenvalue weighted by Gasteiger charge is 2.31. The van der Waals surface area contributed by atoms with Gasteiger partial charge in [0.2, 0.25) is 0 Å². The lowest BCUT2D eigenvalue weighted by atomic mass is 9.80. The van der Waals surface area contributed by atoms with Crippen LogP contribution in [-0.4, -0.2) is 35.5 Å². The number of halogens is 1. The predicted molar refractivity (Wildman–Crippen MR) is 70.4 cm³/mol. The molecule has 1 aromatic rings. The second-order valence-corrected chi connectivity index (χ2v) is 5.47. The zero-order valence-electron chi connectivity index (χ0n) is 11.0. The Morgan fingerprint density at radius 3 is 2.68 bits per heavy atom. The van der Waals surface area contributed by atoms with E-state index < -0.39 is 5.82 Å². The summed E-state index contributed by atoms with van der Waals surface area (Å²) in [4.78, 5) is 13.9. The number of carbonyl (C=O) groups is 1. The van der Waals surface area contributed by atoms with Crippen molar-refractivity contribution in [1.29, 1.82) is 0 Å². The number of rotatable bonds is 2. The highest BCUT2D eigenvalue weighted by molar-refractivity contribution is 5.96. The van der Waals surface area contributed by atoms with Gasteiger partial charge in [-0.25, -0.2) is 4.39 Å². The van der Waals surface area contributed by atoms with Crippen molar-refractivity contribution >= 4 is 5.91 Å². The molecule has 0 aromatic heterocycles. The van der Waals surface area contributed by atoms with Crippen molar-refractivity contribution in [3.63, 3.8) is 0 Å². The topological polar surface area (TPSA) is 66.6 Å². The minimum Gasteiger partial charge on any atom is -0.507 e. The van der Waals surface area contributed by atoms with Crippen LogP contribution in [0.15, 0.2) is 18.2 Å². The van der Waals surface area contributed by atoms with Crippen LogP contribution >= 0.6 is 0 Å². The van der Waals surface area contributed by atoms with E-state index in [-0.39, 0.29) is 22.6 Å². The second kappa shape index (κ2) is 5.17. The van der Waals surface area contributed by atoms with Crippen molar-refractivity contribution in [2.75, 3.05) is 19.6 Å². The average Bonchev–Trinajstić information content (AvgIpc) is 2.42. The summed E-state index contributed by atoms with van der Waals surface area (Å²) in [7, 11) is 0. The molecule has 0 bridgehead atoms. The van der Waals surface area contributed by atoms with E-state index in [2.05, 4.69) is 6.92 Å². The van der Waals surface area contributed by atoms with Gasteiger partial charge in [0.25, 0.3) is 5.91 Å². The molecule has 3 N–H and O–H groups in total. The molecule has 0 spiro atoms. The van der Waals surface area contributed by atoms with E-state index in [1.807, 2.05) is 0 Å². The molecule has 0 unspecified atom stereocenters. The lowest BCUT2D eigenvalue weighted by Gasteiger charge is -2.38. The molecule has 1 aromatic carbocycles. The number of nitrogens with two attached hydrogens (primary N) is 1. The lowest BCUT2D eigenvalue weighted by Crippen LogP contribution is -2.44. The number of amides is 1. The Kier molecular flexibility index (Phi) is 3.75. The monoisotopic (exact) mass is 266 g/mol. The average molecular weight is 266 g/mol. The summed E-state index contributed by atoms with van der Waals surface area (Å²) in [6.45, 7) is 3.87. The molecule has 0 atom stereocenters. The maximum absolute atomic E-state index is 13.2. The van der Waals surface area contributed by atoms with Gasteiger partial charge in [-0.2, -0.15) is 0 Å². The largest absolute Gasteiger partial charge is 0.507 e. The Hall–Kier alpha value is -1.62. The highest BCUT2D eigenvalue weighted by atomic mass is 19.1. The first-order valence-electron chi connectivity index (χ1n) is 6.43. The molecule has 4 nitrogen and oxygen atoms in total. The summed E-state index contributed by atoms with van der Waals surface area (Å²) >= 11 is 0. The molecule has 0 aliphatic carbocycles. The molecule has 5 heteroatoms. The van der Waals surface area contributed by atoms with Crippen molar-refractivity contribution in [2.45, 2.75) is 19.8 Å². The predicted octanol–water partition coefficient (Wildman–Crippen LogP) is 1.73. The van der Waals surface area contributed by atoms with Gasteiger partial charge in [0, 0.05) is 13.1 Å². The Labute approximate surface area is 112 Å². The molecule has 1 amide bonds. The standard InChI is InChI=1S/C14H19FN2O2/c1-14(9-16)4-6-17(7-5-14)13(19)11-8-10(15)2-3-12(11)18/h2-3,8,18H,4-7,9,16H2,1H3. The van der Waals surface area contributed by atoms with Gasteiger partial charge in [-0.05, 0) is 43.0 Å². The number of carbonyl (C=O) groups excluding carboxylic acids is 1. The number of aromatic hydroxyl groups is 1. The number of phenolic OH excluding ortho intramolecular Hbond substituents is 1. The molecule has 1 saturated heterocycles. The summed E-state index contributed by atoms with van der Waals surface area (Å²) < 4.78 is 13.2. The fraction of sp³-hybridized carbons (Fsp3) is 0.500. The molecular formula is C14H19FN2O2. The first kappa shape index (κ1) is 13.8. The smallest absolute Gasteiger partial charge is 0.257 e. The second-order valence-electron chi connectivity index (χ2n) is 5.47. The third kappa shape index (κ3) is 2.87. The molecule has 0 radical (unpaired) electrons. The lowest BCUT2D eigenvalue weighted by molar-refractivity contribution is 0.0614. The van der Waals surface area contributed by atoms with E-state index >= 15 is 0 Å². The molecule has 1 aliphatic rings. The van der Waals surface area contributed by atoms with Gasteiger partial charge in [0.1, 0.15) is 11.6 Å².